The Labute approximate surface area is 165 Å². The molecule has 0 aliphatic heterocycles. The molecular formula is C21H16ClFN2OS. The van der Waals surface area contributed by atoms with Crippen molar-refractivity contribution < 1.29 is 9.18 Å². The molecule has 0 bridgehead atoms. The van der Waals surface area contributed by atoms with Gasteiger partial charge >= 0.3 is 0 Å². The summed E-state index contributed by atoms with van der Waals surface area (Å²) in [4.78, 5) is 12.8. The van der Waals surface area contributed by atoms with Gasteiger partial charge in [-0.15, -0.1) is 11.3 Å². The smallest absolute Gasteiger partial charge is 0.268 e. The molecule has 0 radical (unpaired) electrons. The molecule has 0 spiro atoms. The van der Waals surface area contributed by atoms with Gasteiger partial charge < -0.3 is 9.88 Å². The Morgan fingerprint density at radius 1 is 1.11 bits per heavy atom. The second-order valence-electron chi connectivity index (χ2n) is 6.19. The molecule has 6 heteroatoms. The van der Waals surface area contributed by atoms with Gasteiger partial charge in [0.05, 0.1) is 10.2 Å². The van der Waals surface area contributed by atoms with Gasteiger partial charge in [-0.2, -0.15) is 0 Å². The van der Waals surface area contributed by atoms with Crippen molar-refractivity contribution >= 4 is 39.1 Å². The molecular weight excluding hydrogens is 383 g/mol. The van der Waals surface area contributed by atoms with Gasteiger partial charge in [0.15, 0.2) is 0 Å². The first kappa shape index (κ1) is 17.8. The van der Waals surface area contributed by atoms with E-state index in [1.54, 1.807) is 29.5 Å². The predicted octanol–water partition coefficient (Wildman–Crippen LogP) is 5.47. The van der Waals surface area contributed by atoms with Crippen LogP contribution in [0.25, 0.3) is 10.2 Å². The number of halogens is 2. The van der Waals surface area contributed by atoms with Crippen LogP contribution in [0, 0.1) is 5.82 Å². The maximum absolute atomic E-state index is 13.2. The average molecular weight is 399 g/mol. The quantitative estimate of drug-likeness (QED) is 0.475. The fraction of sp³-hybridized carbons (Fsp3) is 0.0952. The van der Waals surface area contributed by atoms with Crippen molar-refractivity contribution in [2.75, 3.05) is 0 Å². The Morgan fingerprint density at radius 2 is 1.89 bits per heavy atom. The van der Waals surface area contributed by atoms with E-state index < -0.39 is 0 Å². The van der Waals surface area contributed by atoms with Crippen LogP contribution in [-0.4, -0.2) is 10.5 Å². The molecule has 2 aromatic carbocycles. The molecule has 1 N–H and O–H groups in total. The van der Waals surface area contributed by atoms with Crippen molar-refractivity contribution in [2.24, 2.45) is 0 Å². The van der Waals surface area contributed by atoms with E-state index in [9.17, 15) is 9.18 Å². The first-order chi connectivity index (χ1) is 13.1. The van der Waals surface area contributed by atoms with Gasteiger partial charge in [0.1, 0.15) is 11.5 Å². The molecule has 2 aromatic heterocycles. The number of rotatable bonds is 5. The van der Waals surface area contributed by atoms with Crippen LogP contribution >= 0.6 is 22.9 Å². The molecule has 0 saturated heterocycles. The maximum atomic E-state index is 13.2. The molecule has 0 fully saturated rings. The minimum Gasteiger partial charge on any atom is -0.347 e. The normalized spacial score (nSPS) is 11.0. The molecule has 0 saturated carbocycles. The lowest BCUT2D eigenvalue weighted by Gasteiger charge is -2.12. The summed E-state index contributed by atoms with van der Waals surface area (Å²) >= 11 is 7.75. The van der Waals surface area contributed by atoms with Crippen LogP contribution in [0.5, 0.6) is 0 Å². The number of carbonyl (C=O) groups excluding carboxylic acids is 1. The monoisotopic (exact) mass is 398 g/mol. The Kier molecular flexibility index (Phi) is 4.97. The zero-order valence-electron chi connectivity index (χ0n) is 14.3. The second-order valence-corrected chi connectivity index (χ2v) is 7.54. The fourth-order valence-corrected chi connectivity index (χ4v) is 4.04. The fourth-order valence-electron chi connectivity index (χ4n) is 3.02. The topological polar surface area (TPSA) is 34.0 Å². The van der Waals surface area contributed by atoms with E-state index in [1.807, 2.05) is 40.3 Å². The SMILES string of the molecule is O=C(NCc1ccccc1Cl)c1cc2sccc2n1Cc1ccc(F)cc1. The third kappa shape index (κ3) is 3.75. The average Bonchev–Trinajstić information content (AvgIpc) is 3.25. The van der Waals surface area contributed by atoms with Crippen LogP contribution < -0.4 is 5.32 Å². The number of aromatic nitrogens is 1. The summed E-state index contributed by atoms with van der Waals surface area (Å²) < 4.78 is 16.2. The van der Waals surface area contributed by atoms with E-state index >= 15 is 0 Å². The summed E-state index contributed by atoms with van der Waals surface area (Å²) in [6.07, 6.45) is 0. The van der Waals surface area contributed by atoms with Gasteiger partial charge in [0.25, 0.3) is 5.91 Å². The number of fused-ring (bicyclic) bond motifs is 1. The third-order valence-corrected chi connectivity index (χ3v) is 5.63. The second kappa shape index (κ2) is 7.55. The summed E-state index contributed by atoms with van der Waals surface area (Å²) in [5.41, 5.74) is 3.37. The summed E-state index contributed by atoms with van der Waals surface area (Å²) in [7, 11) is 0. The summed E-state index contributed by atoms with van der Waals surface area (Å²) in [6.45, 7) is 0.850. The summed E-state index contributed by atoms with van der Waals surface area (Å²) in [5.74, 6) is -0.440. The number of nitrogens with zero attached hydrogens (tertiary/aromatic N) is 1. The van der Waals surface area contributed by atoms with Gasteiger partial charge in [0, 0.05) is 18.1 Å². The summed E-state index contributed by atoms with van der Waals surface area (Å²) in [5, 5.41) is 5.57. The van der Waals surface area contributed by atoms with Crippen LogP contribution in [0.3, 0.4) is 0 Å². The lowest BCUT2D eigenvalue weighted by Crippen LogP contribution is -2.25. The first-order valence-electron chi connectivity index (χ1n) is 8.44. The van der Waals surface area contributed by atoms with Crippen LogP contribution in [0.2, 0.25) is 5.02 Å². The molecule has 4 rings (SSSR count). The Bertz CT molecular complexity index is 1100. The van der Waals surface area contributed by atoms with Crippen LogP contribution in [0.15, 0.2) is 66.0 Å². The number of hydrogen-bond donors (Lipinski definition) is 1. The molecule has 0 unspecified atom stereocenters. The van der Waals surface area contributed by atoms with E-state index in [0.29, 0.717) is 23.8 Å². The molecule has 0 atom stereocenters. The molecule has 1 amide bonds. The molecule has 0 aliphatic rings. The van der Waals surface area contributed by atoms with Crippen LogP contribution in [-0.2, 0) is 13.1 Å². The van der Waals surface area contributed by atoms with Crippen LogP contribution in [0.4, 0.5) is 4.39 Å². The van der Waals surface area contributed by atoms with Crippen molar-refractivity contribution in [1.82, 2.24) is 9.88 Å². The van der Waals surface area contributed by atoms with Crippen molar-refractivity contribution in [3.05, 3.63) is 93.7 Å². The van der Waals surface area contributed by atoms with Crippen molar-refractivity contribution in [2.45, 2.75) is 13.1 Å². The zero-order valence-corrected chi connectivity index (χ0v) is 15.9. The van der Waals surface area contributed by atoms with E-state index in [2.05, 4.69) is 5.32 Å². The Morgan fingerprint density at radius 3 is 2.67 bits per heavy atom. The third-order valence-electron chi connectivity index (χ3n) is 4.41. The van der Waals surface area contributed by atoms with Crippen molar-refractivity contribution in [1.29, 1.82) is 0 Å². The molecule has 27 heavy (non-hydrogen) atoms. The molecule has 136 valence electrons. The van der Waals surface area contributed by atoms with Crippen molar-refractivity contribution in [3.63, 3.8) is 0 Å². The lowest BCUT2D eigenvalue weighted by molar-refractivity contribution is 0.0942. The number of thiophene rings is 1. The van der Waals surface area contributed by atoms with Gasteiger partial charge in [-0.3, -0.25) is 4.79 Å². The number of hydrogen-bond acceptors (Lipinski definition) is 2. The highest BCUT2D eigenvalue weighted by Gasteiger charge is 2.17. The van der Waals surface area contributed by atoms with E-state index in [1.165, 1.54) is 12.1 Å². The lowest BCUT2D eigenvalue weighted by atomic mass is 10.2. The highest BCUT2D eigenvalue weighted by molar-refractivity contribution is 7.17. The molecule has 2 heterocycles. The van der Waals surface area contributed by atoms with Gasteiger partial charge in [-0.1, -0.05) is 41.9 Å². The standard InChI is InChI=1S/C21H16ClFN2OS/c22-17-4-2-1-3-15(17)12-24-21(26)19-11-20-18(9-10-27-20)25(19)13-14-5-7-16(23)8-6-14/h1-11H,12-13H2,(H,24,26). The largest absolute Gasteiger partial charge is 0.347 e. The first-order valence-corrected chi connectivity index (χ1v) is 9.70. The molecule has 0 aliphatic carbocycles. The van der Waals surface area contributed by atoms with Gasteiger partial charge in [-0.05, 0) is 46.8 Å². The van der Waals surface area contributed by atoms with E-state index in [0.717, 1.165) is 21.3 Å². The predicted molar refractivity (Wildman–Crippen MR) is 108 cm³/mol. The Balaban J connectivity index is 1.61. The van der Waals surface area contributed by atoms with Gasteiger partial charge in [0.2, 0.25) is 0 Å². The molecule has 3 nitrogen and oxygen atoms in total. The highest BCUT2D eigenvalue weighted by atomic mass is 35.5. The minimum atomic E-state index is -0.273. The summed E-state index contributed by atoms with van der Waals surface area (Å²) in [6, 6.07) is 17.7. The Hall–Kier alpha value is -2.63. The van der Waals surface area contributed by atoms with Gasteiger partial charge in [-0.25, -0.2) is 4.39 Å². The number of nitrogens with one attached hydrogen (secondary N) is 1. The molecule has 4 aromatic rings. The minimum absolute atomic E-state index is 0.166. The van der Waals surface area contributed by atoms with Crippen LogP contribution in [0.1, 0.15) is 21.6 Å². The van der Waals surface area contributed by atoms with E-state index in [-0.39, 0.29) is 11.7 Å². The zero-order chi connectivity index (χ0) is 18.8. The number of amides is 1. The number of carbonyl (C=O) groups is 1. The van der Waals surface area contributed by atoms with Crippen molar-refractivity contribution in [3.8, 4) is 0 Å². The van der Waals surface area contributed by atoms with E-state index in [4.69, 9.17) is 11.6 Å². The maximum Gasteiger partial charge on any atom is 0.268 e. The number of benzene rings is 2. The highest BCUT2D eigenvalue weighted by Crippen LogP contribution is 2.26.